The molecule has 1 aliphatic heterocycles. The number of benzene rings is 1. The van der Waals surface area contributed by atoms with Crippen molar-refractivity contribution in [1.82, 2.24) is 14.5 Å². The monoisotopic (exact) mass is 365 g/mol. The highest BCUT2D eigenvalue weighted by molar-refractivity contribution is 5.77. The number of amides is 1. The summed E-state index contributed by atoms with van der Waals surface area (Å²) in [6.45, 7) is 2.94. The molecule has 2 fully saturated rings. The molecule has 2 heterocycles. The van der Waals surface area contributed by atoms with Crippen LogP contribution in [0.15, 0.2) is 18.2 Å². The first kappa shape index (κ1) is 17.4. The third kappa shape index (κ3) is 2.97. The Morgan fingerprint density at radius 1 is 1.15 bits per heavy atom. The SMILES string of the molecule is CC(=O)N1CCC(n2c(C3CCC3)nc3cc(C(F)(F)F)ccc32)CC1. The van der Waals surface area contributed by atoms with Crippen molar-refractivity contribution < 1.29 is 18.0 Å². The average molecular weight is 365 g/mol. The topological polar surface area (TPSA) is 38.1 Å². The third-order valence-electron chi connectivity index (χ3n) is 5.79. The second-order valence-electron chi connectivity index (χ2n) is 7.41. The number of hydrogen-bond acceptors (Lipinski definition) is 2. The van der Waals surface area contributed by atoms with Gasteiger partial charge in [-0.2, -0.15) is 13.2 Å². The summed E-state index contributed by atoms with van der Waals surface area (Å²) in [4.78, 5) is 18.0. The van der Waals surface area contributed by atoms with E-state index in [4.69, 9.17) is 0 Å². The zero-order valence-corrected chi connectivity index (χ0v) is 14.7. The minimum Gasteiger partial charge on any atom is -0.343 e. The van der Waals surface area contributed by atoms with Gasteiger partial charge in [-0.3, -0.25) is 4.79 Å². The maximum absolute atomic E-state index is 13.1. The molecule has 0 unspecified atom stereocenters. The predicted molar refractivity (Wildman–Crippen MR) is 91.9 cm³/mol. The number of aromatic nitrogens is 2. The highest BCUT2D eigenvalue weighted by Gasteiger charge is 2.34. The van der Waals surface area contributed by atoms with Crippen molar-refractivity contribution in [2.45, 2.75) is 57.2 Å². The first-order chi connectivity index (χ1) is 12.3. The molecule has 0 radical (unpaired) electrons. The van der Waals surface area contributed by atoms with E-state index < -0.39 is 11.7 Å². The van der Waals surface area contributed by atoms with Gasteiger partial charge in [0.05, 0.1) is 16.6 Å². The van der Waals surface area contributed by atoms with Crippen LogP contribution in [0.2, 0.25) is 0 Å². The van der Waals surface area contributed by atoms with Crippen LogP contribution in [-0.2, 0) is 11.0 Å². The van der Waals surface area contributed by atoms with E-state index in [2.05, 4.69) is 9.55 Å². The first-order valence-corrected chi connectivity index (χ1v) is 9.19. The number of likely N-dealkylation sites (tertiary alicyclic amines) is 1. The maximum atomic E-state index is 13.1. The molecule has 4 rings (SSSR count). The van der Waals surface area contributed by atoms with Gasteiger partial charge in [0.25, 0.3) is 0 Å². The lowest BCUT2D eigenvalue weighted by Gasteiger charge is -2.35. The fourth-order valence-corrected chi connectivity index (χ4v) is 4.07. The zero-order valence-electron chi connectivity index (χ0n) is 14.7. The summed E-state index contributed by atoms with van der Waals surface area (Å²) in [5.74, 6) is 1.34. The molecule has 0 atom stereocenters. The van der Waals surface area contributed by atoms with Gasteiger partial charge in [-0.25, -0.2) is 4.98 Å². The van der Waals surface area contributed by atoms with E-state index in [0.717, 1.165) is 49.5 Å². The van der Waals surface area contributed by atoms with Crippen molar-refractivity contribution in [3.05, 3.63) is 29.6 Å². The molecule has 0 spiro atoms. The summed E-state index contributed by atoms with van der Waals surface area (Å²) < 4.78 is 41.3. The Hall–Kier alpha value is -2.05. The van der Waals surface area contributed by atoms with Gasteiger partial charge in [0, 0.05) is 32.0 Å². The minimum absolute atomic E-state index is 0.0768. The van der Waals surface area contributed by atoms with Gasteiger partial charge in [-0.15, -0.1) is 0 Å². The van der Waals surface area contributed by atoms with E-state index in [0.29, 0.717) is 24.5 Å². The number of alkyl halides is 3. The molecule has 0 bridgehead atoms. The summed E-state index contributed by atoms with van der Waals surface area (Å²) in [6, 6.07) is 4.06. The lowest BCUT2D eigenvalue weighted by molar-refractivity contribution is -0.137. The lowest BCUT2D eigenvalue weighted by Crippen LogP contribution is -2.38. The largest absolute Gasteiger partial charge is 0.416 e. The molecule has 7 heteroatoms. The van der Waals surface area contributed by atoms with Crippen LogP contribution in [0.3, 0.4) is 0 Å². The number of fused-ring (bicyclic) bond motifs is 1. The van der Waals surface area contributed by atoms with E-state index in [9.17, 15) is 18.0 Å². The van der Waals surface area contributed by atoms with E-state index in [1.54, 1.807) is 13.0 Å². The molecule has 1 aliphatic carbocycles. The summed E-state index contributed by atoms with van der Waals surface area (Å²) in [5, 5.41) is 0. The van der Waals surface area contributed by atoms with Crippen molar-refractivity contribution in [3.8, 4) is 0 Å². The molecule has 26 heavy (non-hydrogen) atoms. The van der Waals surface area contributed by atoms with Crippen LogP contribution < -0.4 is 0 Å². The number of carbonyl (C=O) groups excluding carboxylic acids is 1. The van der Waals surface area contributed by atoms with E-state index in [1.807, 2.05) is 4.90 Å². The predicted octanol–water partition coefficient (Wildman–Crippen LogP) is 4.51. The number of carbonyl (C=O) groups is 1. The van der Waals surface area contributed by atoms with Crippen LogP contribution in [0.25, 0.3) is 11.0 Å². The smallest absolute Gasteiger partial charge is 0.343 e. The van der Waals surface area contributed by atoms with Gasteiger partial charge in [0.15, 0.2) is 0 Å². The van der Waals surface area contributed by atoms with Gasteiger partial charge < -0.3 is 9.47 Å². The summed E-state index contributed by atoms with van der Waals surface area (Å²) in [5.41, 5.74) is 0.554. The number of rotatable bonds is 2. The normalized spacial score (nSPS) is 19.8. The number of piperidine rings is 1. The molecule has 2 aliphatic rings. The van der Waals surface area contributed by atoms with Gasteiger partial charge in [-0.05, 0) is 43.9 Å². The maximum Gasteiger partial charge on any atom is 0.416 e. The Bertz CT molecular complexity index is 830. The van der Waals surface area contributed by atoms with Crippen LogP contribution in [0.5, 0.6) is 0 Å². The van der Waals surface area contributed by atoms with Gasteiger partial charge in [0.2, 0.25) is 5.91 Å². The van der Waals surface area contributed by atoms with Crippen molar-refractivity contribution >= 4 is 16.9 Å². The van der Waals surface area contributed by atoms with E-state index >= 15 is 0 Å². The summed E-state index contributed by atoms with van der Waals surface area (Å²) in [6.07, 6.45) is 0.493. The highest BCUT2D eigenvalue weighted by Crippen LogP contribution is 2.41. The molecule has 1 saturated carbocycles. The van der Waals surface area contributed by atoms with Gasteiger partial charge in [0.1, 0.15) is 5.82 Å². The standard InChI is InChI=1S/C19H22F3N3O/c1-12(26)24-9-7-15(8-10-24)25-17-6-5-14(19(20,21)22)11-16(17)23-18(25)13-3-2-4-13/h5-6,11,13,15H,2-4,7-10H2,1H3. The quantitative estimate of drug-likeness (QED) is 0.786. The fraction of sp³-hybridized carbons (Fsp3) is 0.579. The molecule has 1 aromatic carbocycles. The molecule has 1 aromatic heterocycles. The van der Waals surface area contributed by atoms with Crippen LogP contribution in [0.1, 0.15) is 62.4 Å². The van der Waals surface area contributed by atoms with E-state index in [-0.39, 0.29) is 11.9 Å². The fourth-order valence-electron chi connectivity index (χ4n) is 4.07. The second kappa shape index (κ2) is 6.28. The first-order valence-electron chi connectivity index (χ1n) is 9.19. The molecule has 1 amide bonds. The van der Waals surface area contributed by atoms with Gasteiger partial charge in [-0.1, -0.05) is 6.42 Å². The Kier molecular flexibility index (Phi) is 4.20. The van der Waals surface area contributed by atoms with Crippen molar-refractivity contribution in [2.24, 2.45) is 0 Å². The van der Waals surface area contributed by atoms with Crippen LogP contribution in [-0.4, -0.2) is 33.4 Å². The number of halogens is 3. The van der Waals surface area contributed by atoms with Crippen molar-refractivity contribution in [2.75, 3.05) is 13.1 Å². The van der Waals surface area contributed by atoms with E-state index in [1.165, 1.54) is 6.07 Å². The molecular formula is C19H22F3N3O. The summed E-state index contributed by atoms with van der Waals surface area (Å²) in [7, 11) is 0. The molecule has 140 valence electrons. The average Bonchev–Trinajstić information content (AvgIpc) is 2.90. The molecule has 4 nitrogen and oxygen atoms in total. The van der Waals surface area contributed by atoms with Crippen molar-refractivity contribution in [3.63, 3.8) is 0 Å². The number of hydrogen-bond donors (Lipinski definition) is 0. The molecule has 2 aromatic rings. The van der Waals surface area contributed by atoms with Gasteiger partial charge >= 0.3 is 6.18 Å². The molecule has 1 saturated heterocycles. The second-order valence-corrected chi connectivity index (χ2v) is 7.41. The minimum atomic E-state index is -4.36. The Morgan fingerprint density at radius 2 is 1.85 bits per heavy atom. The lowest BCUT2D eigenvalue weighted by atomic mass is 9.84. The Labute approximate surface area is 150 Å². The number of imidazole rings is 1. The van der Waals surface area contributed by atoms with Crippen LogP contribution in [0.4, 0.5) is 13.2 Å². The third-order valence-corrected chi connectivity index (χ3v) is 5.79. The Balaban J connectivity index is 1.73. The summed E-state index contributed by atoms with van der Waals surface area (Å²) >= 11 is 0. The van der Waals surface area contributed by atoms with Crippen LogP contribution >= 0.6 is 0 Å². The molecule has 0 N–H and O–H groups in total. The Morgan fingerprint density at radius 3 is 2.38 bits per heavy atom. The van der Waals surface area contributed by atoms with Crippen molar-refractivity contribution in [1.29, 1.82) is 0 Å². The zero-order chi connectivity index (χ0) is 18.5. The molecular weight excluding hydrogens is 343 g/mol. The number of nitrogens with zero attached hydrogens (tertiary/aromatic N) is 3. The van der Waals surface area contributed by atoms with Crippen LogP contribution in [0, 0.1) is 0 Å². The highest BCUT2D eigenvalue weighted by atomic mass is 19.4.